The molecule has 146 valence electrons. The number of esters is 1. The highest BCUT2D eigenvalue weighted by Crippen LogP contribution is 2.50. The number of para-hydroxylation sites is 1. The van der Waals surface area contributed by atoms with Gasteiger partial charge >= 0.3 is 5.97 Å². The zero-order valence-electron chi connectivity index (χ0n) is 16.4. The predicted molar refractivity (Wildman–Crippen MR) is 113 cm³/mol. The number of ether oxygens (including phenoxy) is 2. The summed E-state index contributed by atoms with van der Waals surface area (Å²) in [6, 6.07) is 22.2. The Balaban J connectivity index is 1.59. The van der Waals surface area contributed by atoms with Gasteiger partial charge in [-0.1, -0.05) is 42.5 Å². The van der Waals surface area contributed by atoms with Crippen LogP contribution in [0, 0.1) is 0 Å². The van der Waals surface area contributed by atoms with Crippen molar-refractivity contribution >= 4 is 11.7 Å². The highest BCUT2D eigenvalue weighted by Gasteiger charge is 2.39. The summed E-state index contributed by atoms with van der Waals surface area (Å²) in [5, 5.41) is 3.52. The van der Waals surface area contributed by atoms with E-state index in [4.69, 9.17) is 9.47 Å². The number of rotatable bonds is 4. The van der Waals surface area contributed by atoms with Gasteiger partial charge in [-0.05, 0) is 60.2 Å². The molecule has 0 fully saturated rings. The molecule has 1 aliphatic carbocycles. The van der Waals surface area contributed by atoms with Gasteiger partial charge in [-0.2, -0.15) is 0 Å². The van der Waals surface area contributed by atoms with E-state index in [0.717, 1.165) is 30.0 Å². The van der Waals surface area contributed by atoms with Gasteiger partial charge in [0.1, 0.15) is 11.5 Å². The molecule has 2 atom stereocenters. The van der Waals surface area contributed by atoms with Crippen LogP contribution in [-0.2, 0) is 11.2 Å². The zero-order valence-corrected chi connectivity index (χ0v) is 16.4. The molecule has 2 unspecified atom stereocenters. The van der Waals surface area contributed by atoms with E-state index in [1.54, 1.807) is 6.07 Å². The number of carbonyl (C=O) groups excluding carboxylic acids is 1. The summed E-state index contributed by atoms with van der Waals surface area (Å²) >= 11 is 0. The lowest BCUT2D eigenvalue weighted by Gasteiger charge is -2.32. The van der Waals surface area contributed by atoms with E-state index in [9.17, 15) is 4.79 Å². The fourth-order valence-electron chi connectivity index (χ4n) is 4.65. The normalized spacial score (nSPS) is 18.8. The first-order chi connectivity index (χ1) is 14.2. The molecule has 4 nitrogen and oxygen atoms in total. The lowest BCUT2D eigenvalue weighted by molar-refractivity contribution is 0.0527. The first-order valence-electron chi connectivity index (χ1n) is 10.1. The molecule has 0 amide bonds. The van der Waals surface area contributed by atoms with Gasteiger partial charge in [-0.3, -0.25) is 0 Å². The quantitative estimate of drug-likeness (QED) is 0.602. The van der Waals surface area contributed by atoms with E-state index in [0.29, 0.717) is 29.8 Å². The van der Waals surface area contributed by atoms with Crippen molar-refractivity contribution < 1.29 is 14.3 Å². The molecule has 2 aliphatic rings. The minimum Gasteiger partial charge on any atom is -0.462 e. The summed E-state index contributed by atoms with van der Waals surface area (Å²) in [7, 11) is 0. The summed E-state index contributed by atoms with van der Waals surface area (Å²) < 4.78 is 11.4. The second kappa shape index (κ2) is 7.28. The number of hydrogen-bond acceptors (Lipinski definition) is 4. The number of carbonyl (C=O) groups is 1. The van der Waals surface area contributed by atoms with Crippen LogP contribution in [0.25, 0.3) is 0 Å². The summed E-state index contributed by atoms with van der Waals surface area (Å²) in [5.41, 5.74) is 5.36. The molecule has 0 radical (unpaired) electrons. The van der Waals surface area contributed by atoms with Gasteiger partial charge in [-0.15, -0.1) is 0 Å². The number of fused-ring (bicyclic) bond motifs is 5. The van der Waals surface area contributed by atoms with Crippen molar-refractivity contribution in [2.45, 2.75) is 25.2 Å². The SMILES string of the molecule is CCOC(=O)c1cc(Oc2ccccc2)cc2c1NCC1c3ccccc3CC21. The van der Waals surface area contributed by atoms with Crippen LogP contribution in [0.5, 0.6) is 11.5 Å². The average molecular weight is 385 g/mol. The Bertz CT molecular complexity index is 1060. The number of benzene rings is 3. The van der Waals surface area contributed by atoms with Gasteiger partial charge in [0.05, 0.1) is 17.9 Å². The number of anilines is 1. The van der Waals surface area contributed by atoms with Crippen LogP contribution in [0.2, 0.25) is 0 Å². The maximum atomic E-state index is 12.7. The van der Waals surface area contributed by atoms with Gasteiger partial charge in [0.2, 0.25) is 0 Å². The highest BCUT2D eigenvalue weighted by atomic mass is 16.5. The van der Waals surface area contributed by atoms with Crippen LogP contribution in [0.1, 0.15) is 45.8 Å². The van der Waals surface area contributed by atoms with Gasteiger partial charge < -0.3 is 14.8 Å². The standard InChI is InChI=1S/C25H23NO3/c1-2-28-25(27)22-14-18(29-17-9-4-3-5-10-17)13-21-20-12-16-8-6-7-11-19(16)23(20)15-26-24(21)22/h3-11,13-14,20,23,26H,2,12,15H2,1H3. The number of nitrogens with one attached hydrogen (secondary N) is 1. The Hall–Kier alpha value is -3.27. The third-order valence-electron chi connectivity index (χ3n) is 5.89. The Morgan fingerprint density at radius 1 is 0.966 bits per heavy atom. The van der Waals surface area contributed by atoms with Crippen molar-refractivity contribution in [3.8, 4) is 11.5 Å². The summed E-state index contributed by atoms with van der Waals surface area (Å²) in [6.07, 6.45) is 0.979. The lowest BCUT2D eigenvalue weighted by atomic mass is 9.81. The Morgan fingerprint density at radius 2 is 1.76 bits per heavy atom. The van der Waals surface area contributed by atoms with Crippen LogP contribution < -0.4 is 10.1 Å². The molecule has 1 heterocycles. The van der Waals surface area contributed by atoms with E-state index in [-0.39, 0.29) is 5.97 Å². The molecule has 0 saturated heterocycles. The Labute approximate surface area is 170 Å². The van der Waals surface area contributed by atoms with Gasteiger partial charge in [0.15, 0.2) is 0 Å². The van der Waals surface area contributed by atoms with Crippen molar-refractivity contribution in [2.75, 3.05) is 18.5 Å². The fourth-order valence-corrected chi connectivity index (χ4v) is 4.65. The van der Waals surface area contributed by atoms with E-state index < -0.39 is 0 Å². The van der Waals surface area contributed by atoms with Crippen molar-refractivity contribution in [3.63, 3.8) is 0 Å². The van der Waals surface area contributed by atoms with Crippen LogP contribution in [0.15, 0.2) is 66.7 Å². The molecule has 3 aromatic rings. The lowest BCUT2D eigenvalue weighted by Crippen LogP contribution is -2.25. The second-order valence-electron chi connectivity index (χ2n) is 7.57. The molecule has 5 rings (SSSR count). The van der Waals surface area contributed by atoms with E-state index in [1.165, 1.54) is 11.1 Å². The van der Waals surface area contributed by atoms with Crippen molar-refractivity contribution in [3.05, 3.63) is 89.0 Å². The summed E-state index contributed by atoms with van der Waals surface area (Å²) in [4.78, 5) is 12.7. The molecule has 0 bridgehead atoms. The van der Waals surface area contributed by atoms with Crippen molar-refractivity contribution in [2.24, 2.45) is 0 Å². The van der Waals surface area contributed by atoms with E-state index in [2.05, 4.69) is 35.6 Å². The largest absolute Gasteiger partial charge is 0.462 e. The Kier molecular flexibility index (Phi) is 4.47. The molecule has 1 N–H and O–H groups in total. The highest BCUT2D eigenvalue weighted by molar-refractivity contribution is 5.97. The maximum absolute atomic E-state index is 12.7. The molecule has 0 aromatic heterocycles. The number of hydrogen-bond donors (Lipinski definition) is 1. The molecule has 29 heavy (non-hydrogen) atoms. The van der Waals surface area contributed by atoms with Crippen molar-refractivity contribution in [1.29, 1.82) is 0 Å². The molecule has 3 aromatic carbocycles. The molecule has 0 saturated carbocycles. The summed E-state index contributed by atoms with van der Waals surface area (Å²) in [5.74, 6) is 1.83. The minimum absolute atomic E-state index is 0.316. The third-order valence-corrected chi connectivity index (χ3v) is 5.89. The van der Waals surface area contributed by atoms with E-state index >= 15 is 0 Å². The monoisotopic (exact) mass is 385 g/mol. The first-order valence-corrected chi connectivity index (χ1v) is 10.1. The predicted octanol–water partition coefficient (Wildman–Crippen LogP) is 5.50. The maximum Gasteiger partial charge on any atom is 0.340 e. The van der Waals surface area contributed by atoms with Crippen LogP contribution in [0.3, 0.4) is 0 Å². The molecular weight excluding hydrogens is 362 g/mol. The smallest absolute Gasteiger partial charge is 0.340 e. The third kappa shape index (κ3) is 3.15. The topological polar surface area (TPSA) is 47.6 Å². The van der Waals surface area contributed by atoms with Crippen LogP contribution in [-0.4, -0.2) is 19.1 Å². The molecule has 0 spiro atoms. The first kappa shape index (κ1) is 17.8. The molecule has 4 heteroatoms. The average Bonchev–Trinajstić information content (AvgIpc) is 3.13. The van der Waals surface area contributed by atoms with Gasteiger partial charge in [0.25, 0.3) is 0 Å². The molecule has 1 aliphatic heterocycles. The van der Waals surface area contributed by atoms with Crippen molar-refractivity contribution in [1.82, 2.24) is 0 Å². The zero-order chi connectivity index (χ0) is 19.8. The van der Waals surface area contributed by atoms with Gasteiger partial charge in [-0.25, -0.2) is 4.79 Å². The molecular formula is C25H23NO3. The van der Waals surface area contributed by atoms with Crippen LogP contribution >= 0.6 is 0 Å². The fraction of sp³-hybridized carbons (Fsp3) is 0.240. The Morgan fingerprint density at radius 3 is 2.59 bits per heavy atom. The summed E-state index contributed by atoms with van der Waals surface area (Å²) in [6.45, 7) is 2.99. The second-order valence-corrected chi connectivity index (χ2v) is 7.57. The minimum atomic E-state index is -0.316. The van der Waals surface area contributed by atoms with E-state index in [1.807, 2.05) is 37.3 Å². The van der Waals surface area contributed by atoms with Crippen LogP contribution in [0.4, 0.5) is 5.69 Å². The van der Waals surface area contributed by atoms with Gasteiger partial charge in [0, 0.05) is 12.5 Å².